The molecular weight excluding hydrogens is 278 g/mol. The Morgan fingerprint density at radius 3 is 2.53 bits per heavy atom. The van der Waals surface area contributed by atoms with Gasteiger partial charge in [-0.1, -0.05) is 23.4 Å². The summed E-state index contributed by atoms with van der Waals surface area (Å²) in [7, 11) is 0. The summed E-state index contributed by atoms with van der Waals surface area (Å²) in [5, 5.41) is 0. The van der Waals surface area contributed by atoms with Crippen molar-refractivity contribution < 1.29 is 8.98 Å². The predicted molar refractivity (Wildman–Crippen MR) is 80.6 cm³/mol. The molecule has 98 valence electrons. The molecule has 2 aromatic carbocycles. The molecule has 19 heavy (non-hydrogen) atoms. The SMILES string of the molecule is Cc1ccc(Sc2ccc(N)cc2)c(C(=O)OS)c1. The number of hydrogen-bond donors (Lipinski definition) is 2. The molecule has 0 amide bonds. The Kier molecular flexibility index (Phi) is 4.39. The molecule has 0 spiro atoms. The minimum Gasteiger partial charge on any atom is -0.399 e. The fourth-order valence-corrected chi connectivity index (χ4v) is 2.62. The lowest BCUT2D eigenvalue weighted by molar-refractivity contribution is 0.0768. The van der Waals surface area contributed by atoms with Gasteiger partial charge in [-0.2, -0.15) is 0 Å². The van der Waals surface area contributed by atoms with Crippen LogP contribution < -0.4 is 5.73 Å². The van der Waals surface area contributed by atoms with E-state index >= 15 is 0 Å². The van der Waals surface area contributed by atoms with Crippen molar-refractivity contribution in [3.8, 4) is 0 Å². The number of nitrogen functional groups attached to an aromatic ring is 1. The fourth-order valence-electron chi connectivity index (χ4n) is 1.60. The molecule has 0 aliphatic heterocycles. The van der Waals surface area contributed by atoms with Crippen LogP contribution in [0.4, 0.5) is 5.69 Å². The molecule has 0 saturated carbocycles. The van der Waals surface area contributed by atoms with Gasteiger partial charge in [-0.25, -0.2) is 4.79 Å². The van der Waals surface area contributed by atoms with Gasteiger partial charge in [-0.15, -0.1) is 0 Å². The number of aryl methyl sites for hydroxylation is 1. The number of carbonyl (C=O) groups is 1. The molecule has 0 heterocycles. The van der Waals surface area contributed by atoms with Gasteiger partial charge in [-0.3, -0.25) is 0 Å². The minimum atomic E-state index is -0.454. The maximum atomic E-state index is 11.7. The Morgan fingerprint density at radius 2 is 1.89 bits per heavy atom. The second-order valence-corrected chi connectivity index (χ2v) is 5.35. The maximum absolute atomic E-state index is 11.7. The van der Waals surface area contributed by atoms with E-state index in [1.54, 1.807) is 6.07 Å². The monoisotopic (exact) mass is 291 g/mol. The van der Waals surface area contributed by atoms with Gasteiger partial charge in [0.1, 0.15) is 0 Å². The summed E-state index contributed by atoms with van der Waals surface area (Å²) in [6.45, 7) is 1.92. The van der Waals surface area contributed by atoms with E-state index in [0.717, 1.165) is 15.4 Å². The summed E-state index contributed by atoms with van der Waals surface area (Å²) in [6.07, 6.45) is 0. The Hall–Kier alpha value is -1.59. The van der Waals surface area contributed by atoms with Crippen LogP contribution in [0.5, 0.6) is 0 Å². The number of rotatable bonds is 3. The summed E-state index contributed by atoms with van der Waals surface area (Å²) in [6, 6.07) is 13.1. The van der Waals surface area contributed by atoms with Crippen molar-refractivity contribution in [2.75, 3.05) is 5.73 Å². The van der Waals surface area contributed by atoms with Gasteiger partial charge in [0.05, 0.1) is 5.56 Å². The van der Waals surface area contributed by atoms with Gasteiger partial charge in [-0.05, 0) is 43.3 Å². The van der Waals surface area contributed by atoms with Gasteiger partial charge in [0.15, 0.2) is 0 Å². The first-order valence-electron chi connectivity index (χ1n) is 5.60. The van der Waals surface area contributed by atoms with Crippen LogP contribution >= 0.6 is 24.7 Å². The molecule has 2 rings (SSSR count). The van der Waals surface area contributed by atoms with Crippen LogP contribution in [0.25, 0.3) is 0 Å². The van der Waals surface area contributed by atoms with Gasteiger partial charge in [0, 0.05) is 28.4 Å². The lowest BCUT2D eigenvalue weighted by Crippen LogP contribution is -2.01. The maximum Gasteiger partial charge on any atom is 0.351 e. The van der Waals surface area contributed by atoms with Crippen molar-refractivity contribution >= 4 is 36.3 Å². The van der Waals surface area contributed by atoms with Crippen molar-refractivity contribution in [2.45, 2.75) is 16.7 Å². The standard InChI is InChI=1S/C14H13NO2S2/c1-9-2-7-13(12(8-9)14(16)17-18)19-11-5-3-10(15)4-6-11/h2-8,18H,15H2,1H3. The number of benzene rings is 2. The molecule has 2 aromatic rings. The molecular formula is C14H13NO2S2. The van der Waals surface area contributed by atoms with E-state index < -0.39 is 5.97 Å². The van der Waals surface area contributed by atoms with Crippen LogP contribution in [0.3, 0.4) is 0 Å². The lowest BCUT2D eigenvalue weighted by atomic mass is 10.1. The highest BCUT2D eigenvalue weighted by atomic mass is 32.2. The van der Waals surface area contributed by atoms with Crippen LogP contribution in [0, 0.1) is 6.92 Å². The highest BCUT2D eigenvalue weighted by Crippen LogP contribution is 2.32. The number of nitrogens with two attached hydrogens (primary N) is 1. The molecule has 0 saturated heterocycles. The first-order valence-corrected chi connectivity index (χ1v) is 6.78. The molecule has 0 aliphatic carbocycles. The van der Waals surface area contributed by atoms with E-state index in [4.69, 9.17) is 5.73 Å². The van der Waals surface area contributed by atoms with E-state index in [0.29, 0.717) is 11.3 Å². The molecule has 0 atom stereocenters. The topological polar surface area (TPSA) is 52.3 Å². The van der Waals surface area contributed by atoms with Crippen molar-refractivity contribution in [1.82, 2.24) is 0 Å². The molecule has 0 bridgehead atoms. The zero-order valence-electron chi connectivity index (χ0n) is 10.3. The summed E-state index contributed by atoms with van der Waals surface area (Å²) in [5.74, 6) is -0.454. The molecule has 0 radical (unpaired) electrons. The largest absolute Gasteiger partial charge is 0.399 e. The van der Waals surface area contributed by atoms with Crippen molar-refractivity contribution in [3.05, 3.63) is 53.6 Å². The highest BCUT2D eigenvalue weighted by Gasteiger charge is 2.13. The molecule has 2 N–H and O–H groups in total. The van der Waals surface area contributed by atoms with Crippen LogP contribution in [-0.2, 0) is 4.18 Å². The first-order chi connectivity index (χ1) is 9.10. The summed E-state index contributed by atoms with van der Waals surface area (Å²) < 4.78 is 4.51. The smallest absolute Gasteiger partial charge is 0.351 e. The average Bonchev–Trinajstić information content (AvgIpc) is 2.42. The zero-order valence-corrected chi connectivity index (χ0v) is 12.0. The quantitative estimate of drug-likeness (QED) is 0.514. The molecule has 0 aromatic heterocycles. The molecule has 0 unspecified atom stereocenters. The number of carbonyl (C=O) groups excluding carboxylic acids is 1. The molecule has 0 fully saturated rings. The fraction of sp³-hybridized carbons (Fsp3) is 0.0714. The summed E-state index contributed by atoms with van der Waals surface area (Å²) in [4.78, 5) is 13.5. The highest BCUT2D eigenvalue weighted by molar-refractivity contribution is 7.99. The first kappa shape index (κ1) is 13.8. The van der Waals surface area contributed by atoms with E-state index in [2.05, 4.69) is 17.1 Å². The molecule has 0 aliphatic rings. The van der Waals surface area contributed by atoms with Crippen molar-refractivity contribution in [1.29, 1.82) is 0 Å². The van der Waals surface area contributed by atoms with Gasteiger partial charge in [0.2, 0.25) is 0 Å². The third kappa shape index (κ3) is 3.45. The Balaban J connectivity index is 2.34. The molecule has 3 nitrogen and oxygen atoms in total. The van der Waals surface area contributed by atoms with Crippen LogP contribution in [-0.4, -0.2) is 5.97 Å². The lowest BCUT2D eigenvalue weighted by Gasteiger charge is -2.08. The van der Waals surface area contributed by atoms with E-state index in [-0.39, 0.29) is 0 Å². The van der Waals surface area contributed by atoms with Gasteiger partial charge < -0.3 is 9.92 Å². The third-order valence-corrected chi connectivity index (χ3v) is 3.80. The van der Waals surface area contributed by atoms with E-state index in [9.17, 15) is 4.79 Å². The minimum absolute atomic E-state index is 0.454. The molecule has 5 heteroatoms. The zero-order chi connectivity index (χ0) is 13.8. The summed E-state index contributed by atoms with van der Waals surface area (Å²) in [5.41, 5.74) is 7.86. The van der Waals surface area contributed by atoms with E-state index in [1.807, 2.05) is 43.3 Å². The Labute approximate surface area is 121 Å². The third-order valence-electron chi connectivity index (χ3n) is 2.55. The second kappa shape index (κ2) is 6.04. The number of thiol groups is 1. The normalized spacial score (nSPS) is 10.2. The number of anilines is 1. The van der Waals surface area contributed by atoms with Crippen molar-refractivity contribution in [3.63, 3.8) is 0 Å². The average molecular weight is 291 g/mol. The summed E-state index contributed by atoms with van der Waals surface area (Å²) >= 11 is 5.06. The number of hydrogen-bond acceptors (Lipinski definition) is 5. The van der Waals surface area contributed by atoms with Crippen LogP contribution in [0.15, 0.2) is 52.3 Å². The van der Waals surface area contributed by atoms with Crippen LogP contribution in [0.2, 0.25) is 0 Å². The van der Waals surface area contributed by atoms with Gasteiger partial charge in [0.25, 0.3) is 0 Å². The van der Waals surface area contributed by atoms with Crippen molar-refractivity contribution in [2.24, 2.45) is 0 Å². The van der Waals surface area contributed by atoms with Crippen LogP contribution in [0.1, 0.15) is 15.9 Å². The predicted octanol–water partition coefficient (Wildman–Crippen LogP) is 3.73. The Morgan fingerprint density at radius 1 is 1.21 bits per heavy atom. The Bertz CT molecular complexity index is 597. The van der Waals surface area contributed by atoms with Gasteiger partial charge >= 0.3 is 5.97 Å². The second-order valence-electron chi connectivity index (χ2n) is 4.05. The van der Waals surface area contributed by atoms with E-state index in [1.165, 1.54) is 11.8 Å².